The van der Waals surface area contributed by atoms with Gasteiger partial charge in [-0.15, -0.1) is 11.8 Å². The number of aryl methyl sites for hydroxylation is 1. The van der Waals surface area contributed by atoms with Crippen molar-refractivity contribution < 1.29 is 9.53 Å². The van der Waals surface area contributed by atoms with Crippen molar-refractivity contribution in [1.29, 1.82) is 0 Å². The number of thioether (sulfide) groups is 1. The van der Waals surface area contributed by atoms with Gasteiger partial charge in [-0.1, -0.05) is 42.5 Å². The molecule has 19 heavy (non-hydrogen) atoms. The van der Waals surface area contributed by atoms with E-state index in [0.29, 0.717) is 12.4 Å². The largest absolute Gasteiger partial charge is 0.465 e. The van der Waals surface area contributed by atoms with Gasteiger partial charge in [0.25, 0.3) is 0 Å². The van der Waals surface area contributed by atoms with Gasteiger partial charge in [0.1, 0.15) is 0 Å². The number of hydrogen-bond donors (Lipinski definition) is 0. The van der Waals surface area contributed by atoms with E-state index in [-0.39, 0.29) is 5.97 Å². The minimum atomic E-state index is -0.120. The predicted molar refractivity (Wildman–Crippen MR) is 81.6 cm³/mol. The summed E-state index contributed by atoms with van der Waals surface area (Å²) in [6, 6.07) is 14.8. The Morgan fingerprint density at radius 3 is 2.79 bits per heavy atom. The number of rotatable bonds is 6. The van der Waals surface area contributed by atoms with Gasteiger partial charge in [0.15, 0.2) is 0 Å². The second-order valence-electron chi connectivity index (χ2n) is 4.25. The predicted octanol–water partition coefficient (Wildman–Crippen LogP) is 3.68. The molecule has 2 rings (SSSR count). The molecule has 2 aromatic rings. The first-order valence-electron chi connectivity index (χ1n) is 6.51. The lowest BCUT2D eigenvalue weighted by Gasteiger charge is -2.06. The third kappa shape index (κ3) is 4.00. The Morgan fingerprint density at radius 2 is 1.95 bits per heavy atom. The van der Waals surface area contributed by atoms with Crippen LogP contribution >= 0.6 is 11.8 Å². The Bertz CT molecular complexity index is 546. The maximum atomic E-state index is 11.2. The van der Waals surface area contributed by atoms with Crippen LogP contribution in [0.5, 0.6) is 0 Å². The lowest BCUT2D eigenvalue weighted by atomic mass is 10.0. The second-order valence-corrected chi connectivity index (χ2v) is 5.35. The highest BCUT2D eigenvalue weighted by Gasteiger charge is 2.03. The number of carbonyl (C=O) groups excluding carboxylic acids is 1. The molecule has 2 aromatic carbocycles. The summed E-state index contributed by atoms with van der Waals surface area (Å²) in [4.78, 5) is 11.2. The Labute approximate surface area is 118 Å². The van der Waals surface area contributed by atoms with Crippen LogP contribution < -0.4 is 0 Å². The van der Waals surface area contributed by atoms with E-state index >= 15 is 0 Å². The normalized spacial score (nSPS) is 10.6. The summed E-state index contributed by atoms with van der Waals surface area (Å²) in [5.74, 6) is 1.26. The number of fused-ring (bicyclic) bond motifs is 1. The molecule has 0 amide bonds. The Kier molecular flexibility index (Phi) is 5.28. The van der Waals surface area contributed by atoms with E-state index in [1.807, 2.05) is 6.92 Å². The molecule has 0 heterocycles. The zero-order valence-corrected chi connectivity index (χ0v) is 11.9. The number of carbonyl (C=O) groups is 1. The molecular weight excluding hydrogens is 256 g/mol. The molecular formula is C16H18O2S. The van der Waals surface area contributed by atoms with Crippen molar-refractivity contribution in [3.05, 3.63) is 48.0 Å². The van der Waals surface area contributed by atoms with Crippen molar-refractivity contribution in [3.8, 4) is 0 Å². The molecule has 0 spiro atoms. The lowest BCUT2D eigenvalue weighted by Crippen LogP contribution is -2.07. The van der Waals surface area contributed by atoms with Gasteiger partial charge in [-0.3, -0.25) is 4.79 Å². The van der Waals surface area contributed by atoms with Gasteiger partial charge < -0.3 is 4.74 Å². The molecule has 2 nitrogen and oxygen atoms in total. The summed E-state index contributed by atoms with van der Waals surface area (Å²) >= 11 is 1.63. The molecule has 0 N–H and O–H groups in total. The molecule has 0 atom stereocenters. The molecule has 0 saturated carbocycles. The molecule has 0 radical (unpaired) electrons. The topological polar surface area (TPSA) is 26.3 Å². The summed E-state index contributed by atoms with van der Waals surface area (Å²) in [6.45, 7) is 2.29. The van der Waals surface area contributed by atoms with Crippen LogP contribution in [0.25, 0.3) is 10.8 Å². The van der Waals surface area contributed by atoms with Gasteiger partial charge in [-0.2, -0.15) is 0 Å². The average molecular weight is 274 g/mol. The van der Waals surface area contributed by atoms with Gasteiger partial charge in [-0.05, 0) is 35.4 Å². The van der Waals surface area contributed by atoms with Crippen LogP contribution in [0.3, 0.4) is 0 Å². The molecule has 0 bridgehead atoms. The molecule has 0 unspecified atom stereocenters. The van der Waals surface area contributed by atoms with Crippen LogP contribution in [0.2, 0.25) is 0 Å². The first-order chi connectivity index (χ1) is 9.31. The molecule has 0 aliphatic carbocycles. The van der Waals surface area contributed by atoms with Gasteiger partial charge >= 0.3 is 5.97 Å². The van der Waals surface area contributed by atoms with Gasteiger partial charge in [0, 0.05) is 0 Å². The fraction of sp³-hybridized carbons (Fsp3) is 0.312. The minimum Gasteiger partial charge on any atom is -0.465 e. The quantitative estimate of drug-likeness (QED) is 0.594. The van der Waals surface area contributed by atoms with Gasteiger partial charge in [0.2, 0.25) is 0 Å². The summed E-state index contributed by atoms with van der Waals surface area (Å²) in [5, 5.41) is 2.58. The second kappa shape index (κ2) is 7.19. The van der Waals surface area contributed by atoms with E-state index in [1.54, 1.807) is 11.8 Å². The zero-order valence-electron chi connectivity index (χ0n) is 11.1. The van der Waals surface area contributed by atoms with Crippen molar-refractivity contribution in [2.45, 2.75) is 13.3 Å². The molecule has 100 valence electrons. The molecule has 0 aliphatic rings. The fourth-order valence-electron chi connectivity index (χ4n) is 2.05. The summed E-state index contributed by atoms with van der Waals surface area (Å²) in [7, 11) is 0. The van der Waals surface area contributed by atoms with E-state index in [9.17, 15) is 4.79 Å². The highest BCUT2D eigenvalue weighted by atomic mass is 32.2. The van der Waals surface area contributed by atoms with Crippen LogP contribution in [-0.2, 0) is 16.0 Å². The lowest BCUT2D eigenvalue weighted by molar-refractivity contribution is -0.139. The van der Waals surface area contributed by atoms with Crippen molar-refractivity contribution in [1.82, 2.24) is 0 Å². The minimum absolute atomic E-state index is 0.120. The molecule has 0 saturated heterocycles. The van der Waals surface area contributed by atoms with Crippen LogP contribution in [0.4, 0.5) is 0 Å². The van der Waals surface area contributed by atoms with Crippen LogP contribution in [0.15, 0.2) is 42.5 Å². The molecule has 0 aromatic heterocycles. The average Bonchev–Trinajstić information content (AvgIpc) is 2.44. The van der Waals surface area contributed by atoms with Crippen molar-refractivity contribution in [3.63, 3.8) is 0 Å². The molecule has 3 heteroatoms. The number of esters is 1. The zero-order chi connectivity index (χ0) is 13.5. The van der Waals surface area contributed by atoms with E-state index in [4.69, 9.17) is 4.74 Å². The van der Waals surface area contributed by atoms with Gasteiger partial charge in [0.05, 0.1) is 12.4 Å². The van der Waals surface area contributed by atoms with E-state index in [0.717, 1.165) is 12.2 Å². The number of benzene rings is 2. The Balaban J connectivity index is 1.90. The maximum Gasteiger partial charge on any atom is 0.315 e. The Hall–Kier alpha value is -1.48. The molecule has 0 aliphatic heterocycles. The van der Waals surface area contributed by atoms with Crippen molar-refractivity contribution in [2.24, 2.45) is 0 Å². The summed E-state index contributed by atoms with van der Waals surface area (Å²) < 4.78 is 4.90. The van der Waals surface area contributed by atoms with E-state index in [1.165, 1.54) is 16.3 Å². The highest BCUT2D eigenvalue weighted by Crippen LogP contribution is 2.20. The highest BCUT2D eigenvalue weighted by molar-refractivity contribution is 7.99. The third-order valence-electron chi connectivity index (χ3n) is 2.92. The van der Waals surface area contributed by atoms with Crippen LogP contribution in [0, 0.1) is 0 Å². The summed E-state index contributed by atoms with van der Waals surface area (Å²) in [5.41, 5.74) is 1.34. The van der Waals surface area contributed by atoms with E-state index in [2.05, 4.69) is 42.5 Å². The maximum absolute atomic E-state index is 11.2. The standard InChI is InChI=1S/C16H18O2S/c1-2-18-16(17)12-19-11-10-14-8-5-7-13-6-3-4-9-15(13)14/h3-9H,2,10-12H2,1H3. The van der Waals surface area contributed by atoms with Gasteiger partial charge in [-0.25, -0.2) is 0 Å². The number of hydrogen-bond acceptors (Lipinski definition) is 3. The van der Waals surface area contributed by atoms with Crippen LogP contribution in [-0.4, -0.2) is 24.1 Å². The van der Waals surface area contributed by atoms with E-state index < -0.39 is 0 Å². The monoisotopic (exact) mass is 274 g/mol. The SMILES string of the molecule is CCOC(=O)CSCCc1cccc2ccccc12. The van der Waals surface area contributed by atoms with Crippen molar-refractivity contribution >= 4 is 28.5 Å². The third-order valence-corrected chi connectivity index (χ3v) is 3.85. The first kappa shape index (κ1) is 13.9. The summed E-state index contributed by atoms with van der Waals surface area (Å²) in [6.07, 6.45) is 0.978. The number of ether oxygens (including phenoxy) is 1. The Morgan fingerprint density at radius 1 is 1.16 bits per heavy atom. The molecule has 0 fully saturated rings. The van der Waals surface area contributed by atoms with Crippen molar-refractivity contribution in [2.75, 3.05) is 18.1 Å². The first-order valence-corrected chi connectivity index (χ1v) is 7.66. The fourth-order valence-corrected chi connectivity index (χ4v) is 2.81. The van der Waals surface area contributed by atoms with Crippen LogP contribution in [0.1, 0.15) is 12.5 Å². The smallest absolute Gasteiger partial charge is 0.315 e.